The van der Waals surface area contributed by atoms with Gasteiger partial charge in [-0.1, -0.05) is 27.2 Å². The first-order valence-electron chi connectivity index (χ1n) is 6.17. The number of nitrogens with zero attached hydrogens (tertiary/aromatic N) is 1. The zero-order valence-electron chi connectivity index (χ0n) is 10.5. The normalized spacial score (nSPS) is 19.5. The average molecular weight is 238 g/mol. The Labute approximate surface area is 102 Å². The third-order valence-electron chi connectivity index (χ3n) is 3.49. The molecule has 90 valence electrons. The van der Waals surface area contributed by atoms with E-state index in [-0.39, 0.29) is 5.41 Å². The van der Waals surface area contributed by atoms with Crippen LogP contribution in [0.15, 0.2) is 5.38 Å². The van der Waals surface area contributed by atoms with Gasteiger partial charge in [0.2, 0.25) is 0 Å². The van der Waals surface area contributed by atoms with Crippen molar-refractivity contribution in [2.75, 3.05) is 0 Å². The van der Waals surface area contributed by atoms with E-state index in [4.69, 9.17) is 10.7 Å². The zero-order valence-corrected chi connectivity index (χ0v) is 11.3. The van der Waals surface area contributed by atoms with E-state index in [1.54, 1.807) is 11.3 Å². The minimum atomic E-state index is 0.162. The van der Waals surface area contributed by atoms with E-state index in [1.165, 1.54) is 30.0 Å². The van der Waals surface area contributed by atoms with Crippen molar-refractivity contribution in [2.24, 2.45) is 11.7 Å². The van der Waals surface area contributed by atoms with Crippen LogP contribution in [0.4, 0.5) is 0 Å². The van der Waals surface area contributed by atoms with Crippen LogP contribution >= 0.6 is 11.3 Å². The Kier molecular flexibility index (Phi) is 3.36. The summed E-state index contributed by atoms with van der Waals surface area (Å²) in [4.78, 5) is 4.70. The van der Waals surface area contributed by atoms with Crippen molar-refractivity contribution in [3.05, 3.63) is 16.1 Å². The number of hydrogen-bond donors (Lipinski definition) is 1. The van der Waals surface area contributed by atoms with Crippen molar-refractivity contribution in [3.8, 4) is 0 Å². The van der Waals surface area contributed by atoms with E-state index in [9.17, 15) is 0 Å². The maximum absolute atomic E-state index is 6.20. The minimum Gasteiger partial charge on any atom is -0.327 e. The average Bonchev–Trinajstić information content (AvgIpc) is 2.47. The van der Waals surface area contributed by atoms with Crippen molar-refractivity contribution >= 4 is 11.3 Å². The highest BCUT2D eigenvalue weighted by atomic mass is 32.1. The molecular formula is C13H22N2S. The van der Waals surface area contributed by atoms with E-state index in [0.29, 0.717) is 6.04 Å². The van der Waals surface area contributed by atoms with Gasteiger partial charge < -0.3 is 5.73 Å². The zero-order chi connectivity index (χ0) is 11.8. The lowest BCUT2D eigenvalue weighted by Gasteiger charge is -2.30. The third kappa shape index (κ3) is 2.64. The fourth-order valence-electron chi connectivity index (χ4n) is 1.99. The number of nitrogens with two attached hydrogens (primary N) is 1. The van der Waals surface area contributed by atoms with Gasteiger partial charge in [0.15, 0.2) is 0 Å². The predicted octanol–water partition coefficient (Wildman–Crippen LogP) is 3.11. The van der Waals surface area contributed by atoms with Crippen molar-refractivity contribution in [3.63, 3.8) is 0 Å². The van der Waals surface area contributed by atoms with Crippen LogP contribution in [0.25, 0.3) is 0 Å². The molecule has 0 aliphatic heterocycles. The molecule has 1 aromatic heterocycles. The molecule has 1 atom stereocenters. The van der Waals surface area contributed by atoms with Gasteiger partial charge in [0, 0.05) is 23.3 Å². The monoisotopic (exact) mass is 238 g/mol. The molecule has 0 saturated heterocycles. The van der Waals surface area contributed by atoms with Crippen LogP contribution < -0.4 is 5.73 Å². The maximum atomic E-state index is 6.20. The van der Waals surface area contributed by atoms with Crippen LogP contribution in [-0.4, -0.2) is 11.0 Å². The lowest BCUT2D eigenvalue weighted by molar-refractivity contribution is 0.260. The molecule has 0 spiro atoms. The number of thiazole rings is 1. The molecule has 0 radical (unpaired) electrons. The van der Waals surface area contributed by atoms with Gasteiger partial charge >= 0.3 is 0 Å². The van der Waals surface area contributed by atoms with Crippen LogP contribution in [0.3, 0.4) is 0 Å². The maximum Gasteiger partial charge on any atom is 0.0944 e. The molecule has 1 saturated carbocycles. The molecular weight excluding hydrogens is 216 g/mol. The summed E-state index contributed by atoms with van der Waals surface area (Å²) in [5, 5.41) is 3.40. The van der Waals surface area contributed by atoms with Crippen LogP contribution in [-0.2, 0) is 11.8 Å². The van der Waals surface area contributed by atoms with Gasteiger partial charge in [-0.15, -0.1) is 11.3 Å². The highest BCUT2D eigenvalue weighted by Gasteiger charge is 2.25. The van der Waals surface area contributed by atoms with Crippen LogP contribution in [0.5, 0.6) is 0 Å². The lowest BCUT2D eigenvalue weighted by atomic mass is 9.79. The summed E-state index contributed by atoms with van der Waals surface area (Å²) in [5.41, 5.74) is 7.56. The molecule has 1 aliphatic rings. The Morgan fingerprint density at radius 3 is 2.62 bits per heavy atom. The summed E-state index contributed by atoms with van der Waals surface area (Å²) >= 11 is 1.77. The second-order valence-electron chi connectivity index (χ2n) is 5.94. The number of rotatable bonds is 3. The molecule has 0 bridgehead atoms. The second kappa shape index (κ2) is 4.46. The van der Waals surface area contributed by atoms with E-state index >= 15 is 0 Å². The van der Waals surface area contributed by atoms with Crippen molar-refractivity contribution in [1.29, 1.82) is 0 Å². The molecule has 2 N–H and O–H groups in total. The molecule has 3 heteroatoms. The van der Waals surface area contributed by atoms with Crippen molar-refractivity contribution in [2.45, 2.75) is 57.9 Å². The summed E-state index contributed by atoms with van der Waals surface area (Å²) in [6, 6.07) is 0.327. The molecule has 0 aromatic carbocycles. The van der Waals surface area contributed by atoms with Gasteiger partial charge in [-0.2, -0.15) is 0 Å². The molecule has 2 rings (SSSR count). The Morgan fingerprint density at radius 2 is 2.19 bits per heavy atom. The van der Waals surface area contributed by atoms with E-state index in [0.717, 1.165) is 12.3 Å². The first-order chi connectivity index (χ1) is 7.47. The van der Waals surface area contributed by atoms with Gasteiger partial charge in [0.25, 0.3) is 0 Å². The standard InChI is InChI=1S/C13H22N2S/c1-13(2,3)11-8-16-12(15-11)7-10(14)9-5-4-6-9/h8-10H,4-7,14H2,1-3H3. The molecule has 0 amide bonds. The molecule has 2 nitrogen and oxygen atoms in total. The van der Waals surface area contributed by atoms with Crippen LogP contribution in [0, 0.1) is 5.92 Å². The van der Waals surface area contributed by atoms with Gasteiger partial charge in [0.1, 0.15) is 0 Å². The molecule has 1 aromatic rings. The van der Waals surface area contributed by atoms with E-state index < -0.39 is 0 Å². The summed E-state index contributed by atoms with van der Waals surface area (Å²) < 4.78 is 0. The fraction of sp³-hybridized carbons (Fsp3) is 0.769. The van der Waals surface area contributed by atoms with E-state index in [1.807, 2.05) is 0 Å². The molecule has 1 fully saturated rings. The van der Waals surface area contributed by atoms with Gasteiger partial charge in [-0.3, -0.25) is 0 Å². The van der Waals surface area contributed by atoms with Gasteiger partial charge in [0.05, 0.1) is 10.7 Å². The molecule has 1 heterocycles. The number of hydrogen-bond acceptors (Lipinski definition) is 3. The summed E-state index contributed by atoms with van der Waals surface area (Å²) in [6.07, 6.45) is 4.96. The van der Waals surface area contributed by atoms with Crippen molar-refractivity contribution in [1.82, 2.24) is 4.98 Å². The minimum absolute atomic E-state index is 0.162. The lowest BCUT2D eigenvalue weighted by Crippen LogP contribution is -2.36. The first kappa shape index (κ1) is 12.1. The third-order valence-corrected chi connectivity index (χ3v) is 4.36. The largest absolute Gasteiger partial charge is 0.327 e. The van der Waals surface area contributed by atoms with E-state index in [2.05, 4.69) is 26.2 Å². The Morgan fingerprint density at radius 1 is 1.50 bits per heavy atom. The smallest absolute Gasteiger partial charge is 0.0944 e. The fourth-order valence-corrected chi connectivity index (χ4v) is 3.08. The van der Waals surface area contributed by atoms with Gasteiger partial charge in [-0.05, 0) is 18.8 Å². The van der Waals surface area contributed by atoms with Crippen LogP contribution in [0.2, 0.25) is 0 Å². The summed E-state index contributed by atoms with van der Waals surface area (Å²) in [7, 11) is 0. The first-order valence-corrected chi connectivity index (χ1v) is 7.05. The summed E-state index contributed by atoms with van der Waals surface area (Å²) in [6.45, 7) is 6.62. The SMILES string of the molecule is CC(C)(C)c1csc(CC(N)C2CCC2)n1. The van der Waals surface area contributed by atoms with Crippen LogP contribution in [0.1, 0.15) is 50.7 Å². The van der Waals surface area contributed by atoms with Gasteiger partial charge in [-0.25, -0.2) is 4.98 Å². The topological polar surface area (TPSA) is 38.9 Å². The molecule has 1 aliphatic carbocycles. The Bertz CT molecular complexity index is 347. The number of aromatic nitrogens is 1. The highest BCUT2D eigenvalue weighted by Crippen LogP contribution is 2.31. The Hall–Kier alpha value is -0.410. The molecule has 16 heavy (non-hydrogen) atoms. The second-order valence-corrected chi connectivity index (χ2v) is 6.88. The Balaban J connectivity index is 1.97. The van der Waals surface area contributed by atoms with Crippen molar-refractivity contribution < 1.29 is 0 Å². The highest BCUT2D eigenvalue weighted by molar-refractivity contribution is 7.09. The predicted molar refractivity (Wildman–Crippen MR) is 69.8 cm³/mol. The molecule has 1 unspecified atom stereocenters. The quantitative estimate of drug-likeness (QED) is 0.878. The summed E-state index contributed by atoms with van der Waals surface area (Å²) in [5.74, 6) is 0.752.